The largest absolute Gasteiger partial charge is 0.444 e. The smallest absolute Gasteiger partial charge is 0.410 e. The van der Waals surface area contributed by atoms with Crippen LogP contribution in [0.25, 0.3) is 0 Å². The molecule has 0 bridgehead atoms. The molecule has 3 aromatic carbocycles. The molecule has 4 heteroatoms. The van der Waals surface area contributed by atoms with Crippen molar-refractivity contribution in [2.24, 2.45) is 5.92 Å². The Morgan fingerprint density at radius 2 is 1.29 bits per heavy atom. The molecule has 34 heavy (non-hydrogen) atoms. The fraction of sp³-hybridized carbons (Fsp3) is 0.367. The van der Waals surface area contributed by atoms with Gasteiger partial charge in [-0.25, -0.2) is 4.79 Å². The molecule has 1 heterocycles. The Labute approximate surface area is 203 Å². The average Bonchev–Trinajstić information content (AvgIpc) is 2.86. The van der Waals surface area contributed by atoms with Gasteiger partial charge in [0, 0.05) is 19.0 Å². The van der Waals surface area contributed by atoms with E-state index in [9.17, 15) is 4.79 Å². The first-order valence-electron chi connectivity index (χ1n) is 12.2. The number of rotatable bonds is 6. The third-order valence-corrected chi connectivity index (χ3v) is 6.25. The predicted octanol–water partition coefficient (Wildman–Crippen LogP) is 6.64. The van der Waals surface area contributed by atoms with Gasteiger partial charge in [0.2, 0.25) is 0 Å². The SMILES string of the molecule is CC(C)(C)OC(=O)N1CCCC(COC(c2ccccc2)(c2ccccc2)c2ccccc2)C1. The lowest BCUT2D eigenvalue weighted by Gasteiger charge is -2.39. The summed E-state index contributed by atoms with van der Waals surface area (Å²) in [7, 11) is 0. The second-order valence-electron chi connectivity index (χ2n) is 10.0. The highest BCUT2D eigenvalue weighted by Gasteiger charge is 2.39. The first kappa shape index (κ1) is 24.0. The third-order valence-electron chi connectivity index (χ3n) is 6.25. The summed E-state index contributed by atoms with van der Waals surface area (Å²) < 4.78 is 12.6. The molecule has 4 rings (SSSR count). The lowest BCUT2D eigenvalue weighted by molar-refractivity contribution is -0.0282. The number of benzene rings is 3. The lowest BCUT2D eigenvalue weighted by atomic mass is 9.80. The molecule has 0 radical (unpaired) electrons. The quantitative estimate of drug-likeness (QED) is 0.389. The molecule has 4 nitrogen and oxygen atoms in total. The summed E-state index contributed by atoms with van der Waals surface area (Å²) in [6.07, 6.45) is 1.73. The molecule has 1 fully saturated rings. The van der Waals surface area contributed by atoms with Gasteiger partial charge >= 0.3 is 6.09 Å². The van der Waals surface area contributed by atoms with Gasteiger partial charge in [-0.15, -0.1) is 0 Å². The average molecular weight is 458 g/mol. The van der Waals surface area contributed by atoms with Gasteiger partial charge in [0.25, 0.3) is 0 Å². The van der Waals surface area contributed by atoms with E-state index in [0.717, 1.165) is 36.1 Å². The molecule has 1 atom stereocenters. The Balaban J connectivity index is 1.64. The highest BCUT2D eigenvalue weighted by atomic mass is 16.6. The Hall–Kier alpha value is -3.11. The summed E-state index contributed by atoms with van der Waals surface area (Å²) in [5.74, 6) is 0.233. The predicted molar refractivity (Wildman–Crippen MR) is 136 cm³/mol. The van der Waals surface area contributed by atoms with Crippen molar-refractivity contribution in [1.29, 1.82) is 0 Å². The minimum atomic E-state index is -0.738. The topological polar surface area (TPSA) is 38.8 Å². The monoisotopic (exact) mass is 457 g/mol. The second kappa shape index (κ2) is 10.4. The first-order chi connectivity index (χ1) is 16.4. The molecular formula is C30H35NO3. The Morgan fingerprint density at radius 1 is 0.824 bits per heavy atom. The number of hydrogen-bond acceptors (Lipinski definition) is 3. The van der Waals surface area contributed by atoms with E-state index in [1.54, 1.807) is 0 Å². The molecule has 0 spiro atoms. The van der Waals surface area contributed by atoms with Crippen LogP contribution in [-0.4, -0.2) is 36.3 Å². The normalized spacial score (nSPS) is 16.8. The summed E-state index contributed by atoms with van der Waals surface area (Å²) in [5.41, 5.74) is 2.04. The van der Waals surface area contributed by atoms with Gasteiger partial charge in [0.05, 0.1) is 6.61 Å². The van der Waals surface area contributed by atoms with E-state index in [2.05, 4.69) is 72.8 Å². The Bertz CT molecular complexity index is 948. The van der Waals surface area contributed by atoms with Crippen LogP contribution in [0.2, 0.25) is 0 Å². The van der Waals surface area contributed by atoms with Crippen LogP contribution >= 0.6 is 0 Å². The van der Waals surface area contributed by atoms with Crippen molar-refractivity contribution in [1.82, 2.24) is 4.90 Å². The second-order valence-corrected chi connectivity index (χ2v) is 10.0. The van der Waals surface area contributed by atoms with E-state index < -0.39 is 11.2 Å². The number of likely N-dealkylation sites (tertiary alicyclic amines) is 1. The van der Waals surface area contributed by atoms with Gasteiger partial charge in [0.15, 0.2) is 0 Å². The minimum absolute atomic E-state index is 0.233. The summed E-state index contributed by atoms with van der Waals surface area (Å²) >= 11 is 0. The molecule has 1 aliphatic rings. The van der Waals surface area contributed by atoms with Crippen LogP contribution in [0.3, 0.4) is 0 Å². The van der Waals surface area contributed by atoms with E-state index >= 15 is 0 Å². The van der Waals surface area contributed by atoms with Gasteiger partial charge < -0.3 is 14.4 Å². The van der Waals surface area contributed by atoms with E-state index in [1.807, 2.05) is 43.9 Å². The summed E-state index contributed by atoms with van der Waals surface area (Å²) in [5, 5.41) is 0. The van der Waals surface area contributed by atoms with E-state index in [4.69, 9.17) is 9.47 Å². The number of hydrogen-bond donors (Lipinski definition) is 0. The molecule has 0 aliphatic carbocycles. The van der Waals surface area contributed by atoms with Crippen LogP contribution in [0.1, 0.15) is 50.3 Å². The van der Waals surface area contributed by atoms with Gasteiger partial charge in [0.1, 0.15) is 11.2 Å². The molecule has 0 N–H and O–H groups in total. The number of ether oxygens (including phenoxy) is 2. The number of carbonyl (C=O) groups excluding carboxylic acids is 1. The molecule has 0 aromatic heterocycles. The zero-order chi connectivity index (χ0) is 24.0. The van der Waals surface area contributed by atoms with Crippen LogP contribution in [0.4, 0.5) is 4.79 Å². The van der Waals surface area contributed by atoms with Crippen molar-refractivity contribution in [3.63, 3.8) is 0 Å². The van der Waals surface area contributed by atoms with E-state index in [1.165, 1.54) is 0 Å². The van der Waals surface area contributed by atoms with Crippen molar-refractivity contribution in [2.45, 2.75) is 44.8 Å². The van der Waals surface area contributed by atoms with Crippen molar-refractivity contribution >= 4 is 6.09 Å². The van der Waals surface area contributed by atoms with Crippen LogP contribution in [0.5, 0.6) is 0 Å². The number of carbonyl (C=O) groups is 1. The Kier molecular flexibility index (Phi) is 7.38. The number of amides is 1. The third kappa shape index (κ3) is 5.51. The zero-order valence-electron chi connectivity index (χ0n) is 20.4. The molecule has 3 aromatic rings. The minimum Gasteiger partial charge on any atom is -0.444 e. The summed E-state index contributed by atoms with van der Waals surface area (Å²) in [4.78, 5) is 14.5. The standard InChI is InChI=1S/C30H35NO3/c1-29(2,3)34-28(32)31-21-13-14-24(22-31)23-33-30(25-15-7-4-8-16-25,26-17-9-5-10-18-26)27-19-11-6-12-20-27/h4-12,15-20,24H,13-14,21-23H2,1-3H3. The van der Waals surface area contributed by atoms with Gasteiger partial charge in [-0.2, -0.15) is 0 Å². The molecule has 1 aliphatic heterocycles. The molecule has 0 saturated carbocycles. The fourth-order valence-corrected chi connectivity index (χ4v) is 4.70. The fourth-order valence-electron chi connectivity index (χ4n) is 4.70. The van der Waals surface area contributed by atoms with Crippen LogP contribution in [0.15, 0.2) is 91.0 Å². The Morgan fingerprint density at radius 3 is 1.74 bits per heavy atom. The molecule has 1 amide bonds. The zero-order valence-corrected chi connectivity index (χ0v) is 20.4. The number of piperidine rings is 1. The molecule has 178 valence electrons. The van der Waals surface area contributed by atoms with Crippen LogP contribution in [0, 0.1) is 5.92 Å². The highest BCUT2D eigenvalue weighted by Crippen LogP contribution is 2.41. The number of nitrogens with zero attached hydrogens (tertiary/aromatic N) is 1. The maximum absolute atomic E-state index is 12.7. The molecular weight excluding hydrogens is 422 g/mol. The van der Waals surface area contributed by atoms with Crippen molar-refractivity contribution in [3.05, 3.63) is 108 Å². The van der Waals surface area contributed by atoms with Crippen molar-refractivity contribution < 1.29 is 14.3 Å². The summed E-state index contributed by atoms with van der Waals surface area (Å²) in [6, 6.07) is 31.3. The van der Waals surface area contributed by atoms with Gasteiger partial charge in [-0.3, -0.25) is 0 Å². The van der Waals surface area contributed by atoms with Gasteiger partial charge in [-0.05, 0) is 50.3 Å². The van der Waals surface area contributed by atoms with Crippen LogP contribution in [-0.2, 0) is 15.1 Å². The van der Waals surface area contributed by atoms with Gasteiger partial charge in [-0.1, -0.05) is 91.0 Å². The maximum atomic E-state index is 12.7. The molecule has 1 saturated heterocycles. The van der Waals surface area contributed by atoms with E-state index in [-0.39, 0.29) is 12.0 Å². The lowest BCUT2D eigenvalue weighted by Crippen LogP contribution is -2.45. The van der Waals surface area contributed by atoms with Crippen LogP contribution < -0.4 is 0 Å². The van der Waals surface area contributed by atoms with E-state index in [0.29, 0.717) is 13.2 Å². The molecule has 1 unspecified atom stereocenters. The van der Waals surface area contributed by atoms with Crippen molar-refractivity contribution in [2.75, 3.05) is 19.7 Å². The first-order valence-corrected chi connectivity index (χ1v) is 12.2. The maximum Gasteiger partial charge on any atom is 0.410 e. The summed E-state index contributed by atoms with van der Waals surface area (Å²) in [6.45, 7) is 7.63. The highest BCUT2D eigenvalue weighted by molar-refractivity contribution is 5.68. The van der Waals surface area contributed by atoms with Crippen molar-refractivity contribution in [3.8, 4) is 0 Å².